The van der Waals surface area contributed by atoms with E-state index in [2.05, 4.69) is 0 Å². The minimum absolute atomic E-state index is 0.418. The first-order valence-corrected chi connectivity index (χ1v) is 5.69. The van der Waals surface area contributed by atoms with Crippen molar-refractivity contribution in [3.8, 4) is 0 Å². The van der Waals surface area contributed by atoms with Gasteiger partial charge in [-0.2, -0.15) is 0 Å². The van der Waals surface area contributed by atoms with Crippen LogP contribution >= 0.6 is 23.4 Å². The Morgan fingerprint density at radius 3 is 2.79 bits per heavy atom. The zero-order chi connectivity index (χ0) is 10.6. The van der Waals surface area contributed by atoms with Crippen molar-refractivity contribution >= 4 is 23.4 Å². The van der Waals surface area contributed by atoms with Crippen LogP contribution < -0.4 is 0 Å². The zero-order valence-electron chi connectivity index (χ0n) is 8.27. The third-order valence-electron chi connectivity index (χ3n) is 1.79. The van der Waals surface area contributed by atoms with E-state index in [-0.39, 0.29) is 0 Å². The van der Waals surface area contributed by atoms with Gasteiger partial charge >= 0.3 is 0 Å². The van der Waals surface area contributed by atoms with E-state index < -0.39 is 6.23 Å². The molecule has 0 heterocycles. The van der Waals surface area contributed by atoms with Gasteiger partial charge in [0.25, 0.3) is 0 Å². The average molecular weight is 232 g/mol. The van der Waals surface area contributed by atoms with Crippen LogP contribution in [0.2, 0.25) is 5.02 Å². The quantitative estimate of drug-likeness (QED) is 0.636. The first-order valence-electron chi connectivity index (χ1n) is 4.32. The molecule has 0 amide bonds. The molecule has 1 rings (SSSR count). The fourth-order valence-electron chi connectivity index (χ4n) is 0.877. The van der Waals surface area contributed by atoms with Gasteiger partial charge in [-0.3, -0.25) is 4.90 Å². The lowest BCUT2D eigenvalue weighted by molar-refractivity contribution is 0.0621. The molecule has 0 aliphatic carbocycles. The number of aliphatic hydroxyl groups is 1. The van der Waals surface area contributed by atoms with E-state index in [1.807, 2.05) is 38.4 Å². The summed E-state index contributed by atoms with van der Waals surface area (Å²) in [7, 11) is 3.70. The van der Waals surface area contributed by atoms with Crippen LogP contribution in [0.3, 0.4) is 0 Å². The molecule has 0 radical (unpaired) electrons. The van der Waals surface area contributed by atoms with Crippen LogP contribution in [0, 0.1) is 0 Å². The minimum Gasteiger partial charge on any atom is -0.378 e. The molecule has 0 aromatic heterocycles. The van der Waals surface area contributed by atoms with Crippen molar-refractivity contribution in [1.82, 2.24) is 4.90 Å². The minimum atomic E-state index is -0.418. The molecule has 0 aliphatic rings. The third kappa shape index (κ3) is 3.88. The fourth-order valence-corrected chi connectivity index (χ4v) is 2.16. The summed E-state index contributed by atoms with van der Waals surface area (Å²) >= 11 is 7.43. The summed E-state index contributed by atoms with van der Waals surface area (Å²) in [5.74, 6) is 0.646. The van der Waals surface area contributed by atoms with Crippen LogP contribution in [0.1, 0.15) is 0 Å². The van der Waals surface area contributed by atoms with Crippen molar-refractivity contribution in [2.75, 3.05) is 19.8 Å². The molecule has 0 saturated heterocycles. The van der Waals surface area contributed by atoms with E-state index in [0.29, 0.717) is 5.75 Å². The lowest BCUT2D eigenvalue weighted by Gasteiger charge is -2.17. The first kappa shape index (κ1) is 11.9. The van der Waals surface area contributed by atoms with Gasteiger partial charge in [0.05, 0.1) is 0 Å². The van der Waals surface area contributed by atoms with Crippen LogP contribution in [0.4, 0.5) is 0 Å². The summed E-state index contributed by atoms with van der Waals surface area (Å²) in [6, 6.07) is 7.63. The lowest BCUT2D eigenvalue weighted by atomic mass is 10.4. The molecule has 1 aromatic carbocycles. The molecule has 1 aromatic rings. The maximum atomic E-state index is 9.53. The molecule has 14 heavy (non-hydrogen) atoms. The highest BCUT2D eigenvalue weighted by Crippen LogP contribution is 2.22. The number of halogens is 1. The summed E-state index contributed by atoms with van der Waals surface area (Å²) < 4.78 is 0. The Balaban J connectivity index is 2.45. The van der Waals surface area contributed by atoms with E-state index in [9.17, 15) is 5.11 Å². The number of nitrogens with zero attached hydrogens (tertiary/aromatic N) is 1. The summed E-state index contributed by atoms with van der Waals surface area (Å²) in [6.07, 6.45) is -0.418. The Kier molecular flexibility index (Phi) is 4.75. The highest BCUT2D eigenvalue weighted by Gasteiger charge is 2.06. The molecule has 78 valence electrons. The number of aliphatic hydroxyl groups excluding tert-OH is 1. The van der Waals surface area contributed by atoms with Gasteiger partial charge in [0, 0.05) is 15.7 Å². The molecule has 0 aliphatic heterocycles. The highest BCUT2D eigenvalue weighted by molar-refractivity contribution is 7.99. The first-order chi connectivity index (χ1) is 6.59. The standard InChI is InChI=1S/C10H14ClNOS/c1-12(2)10(13)7-14-9-5-3-4-8(11)6-9/h3-6,10,13H,7H2,1-2H3. The Bertz CT molecular complexity index is 293. The summed E-state index contributed by atoms with van der Waals surface area (Å²) in [4.78, 5) is 2.86. The second-order valence-corrected chi connectivity index (χ2v) is 4.74. The SMILES string of the molecule is CN(C)C(O)CSc1cccc(Cl)c1. The summed E-state index contributed by atoms with van der Waals surface area (Å²) in [5.41, 5.74) is 0. The van der Waals surface area contributed by atoms with Crippen molar-refractivity contribution in [3.63, 3.8) is 0 Å². The van der Waals surface area contributed by atoms with Crippen LogP contribution in [-0.4, -0.2) is 36.1 Å². The van der Waals surface area contributed by atoms with E-state index >= 15 is 0 Å². The van der Waals surface area contributed by atoms with Crippen molar-refractivity contribution in [2.24, 2.45) is 0 Å². The molecule has 2 nitrogen and oxygen atoms in total. The van der Waals surface area contributed by atoms with Crippen molar-refractivity contribution in [1.29, 1.82) is 0 Å². The number of benzene rings is 1. The second-order valence-electron chi connectivity index (χ2n) is 3.21. The predicted molar refractivity (Wildman–Crippen MR) is 61.9 cm³/mol. The van der Waals surface area contributed by atoms with Crippen LogP contribution in [0.25, 0.3) is 0 Å². The summed E-state index contributed by atoms with van der Waals surface area (Å²) in [6.45, 7) is 0. The normalized spacial score (nSPS) is 13.2. The van der Waals surface area contributed by atoms with Gasteiger partial charge in [-0.05, 0) is 32.3 Å². The Labute approximate surface area is 93.9 Å². The van der Waals surface area contributed by atoms with Gasteiger partial charge in [0.15, 0.2) is 0 Å². The second kappa shape index (κ2) is 5.61. The van der Waals surface area contributed by atoms with E-state index in [1.54, 1.807) is 16.7 Å². The largest absolute Gasteiger partial charge is 0.378 e. The number of hydrogen-bond donors (Lipinski definition) is 1. The molecular weight excluding hydrogens is 218 g/mol. The summed E-state index contributed by atoms with van der Waals surface area (Å²) in [5, 5.41) is 10.3. The van der Waals surface area contributed by atoms with Gasteiger partial charge in [0.1, 0.15) is 6.23 Å². The van der Waals surface area contributed by atoms with E-state index in [4.69, 9.17) is 11.6 Å². The molecule has 0 fully saturated rings. The predicted octanol–water partition coefficient (Wildman–Crippen LogP) is 2.31. The molecule has 0 bridgehead atoms. The molecule has 0 saturated carbocycles. The van der Waals surface area contributed by atoms with Gasteiger partial charge in [-0.1, -0.05) is 17.7 Å². The van der Waals surface area contributed by atoms with E-state index in [1.165, 1.54) is 0 Å². The van der Waals surface area contributed by atoms with Gasteiger partial charge in [-0.25, -0.2) is 0 Å². The Hall–Kier alpha value is -0.220. The molecule has 1 N–H and O–H groups in total. The fraction of sp³-hybridized carbons (Fsp3) is 0.400. The topological polar surface area (TPSA) is 23.5 Å². The number of rotatable bonds is 4. The Morgan fingerprint density at radius 2 is 2.21 bits per heavy atom. The van der Waals surface area contributed by atoms with Gasteiger partial charge in [0.2, 0.25) is 0 Å². The molecule has 1 atom stereocenters. The zero-order valence-corrected chi connectivity index (χ0v) is 9.85. The van der Waals surface area contributed by atoms with Crippen molar-refractivity contribution in [3.05, 3.63) is 29.3 Å². The van der Waals surface area contributed by atoms with E-state index in [0.717, 1.165) is 9.92 Å². The average Bonchev–Trinajstić information content (AvgIpc) is 2.14. The number of thioether (sulfide) groups is 1. The molecule has 0 spiro atoms. The molecular formula is C10H14ClNOS. The van der Waals surface area contributed by atoms with Crippen molar-refractivity contribution < 1.29 is 5.11 Å². The van der Waals surface area contributed by atoms with Crippen LogP contribution in [-0.2, 0) is 0 Å². The number of hydrogen-bond acceptors (Lipinski definition) is 3. The van der Waals surface area contributed by atoms with Gasteiger partial charge in [-0.15, -0.1) is 11.8 Å². The smallest absolute Gasteiger partial charge is 0.116 e. The van der Waals surface area contributed by atoms with Crippen LogP contribution in [0.5, 0.6) is 0 Å². The third-order valence-corrected chi connectivity index (χ3v) is 3.08. The monoisotopic (exact) mass is 231 g/mol. The maximum absolute atomic E-state index is 9.53. The maximum Gasteiger partial charge on any atom is 0.116 e. The molecule has 4 heteroatoms. The molecule has 1 unspecified atom stereocenters. The van der Waals surface area contributed by atoms with Crippen LogP contribution in [0.15, 0.2) is 29.2 Å². The lowest BCUT2D eigenvalue weighted by Crippen LogP contribution is -2.29. The highest BCUT2D eigenvalue weighted by atomic mass is 35.5. The van der Waals surface area contributed by atoms with Gasteiger partial charge < -0.3 is 5.11 Å². The van der Waals surface area contributed by atoms with Crippen molar-refractivity contribution in [2.45, 2.75) is 11.1 Å². The Morgan fingerprint density at radius 1 is 1.50 bits per heavy atom.